The Morgan fingerprint density at radius 3 is 2.42 bits per heavy atom. The van der Waals surface area contributed by atoms with E-state index in [0.29, 0.717) is 25.2 Å². The standard InChI is InChI=1S/C14H20N2O3/c1-11(17)16-9-3-8-15-10-14(18)12-4-6-13(19-2)7-5-12/h4-7,15H,3,8-10H2,1-2H3,(H,16,17). The molecule has 0 bridgehead atoms. The summed E-state index contributed by atoms with van der Waals surface area (Å²) in [7, 11) is 1.59. The number of hydrogen-bond acceptors (Lipinski definition) is 4. The van der Waals surface area contributed by atoms with Gasteiger partial charge in [-0.2, -0.15) is 0 Å². The molecule has 19 heavy (non-hydrogen) atoms. The van der Waals surface area contributed by atoms with Gasteiger partial charge in [0.05, 0.1) is 13.7 Å². The predicted molar refractivity (Wildman–Crippen MR) is 73.5 cm³/mol. The molecule has 0 aromatic heterocycles. The van der Waals surface area contributed by atoms with Crippen LogP contribution in [0.1, 0.15) is 23.7 Å². The van der Waals surface area contributed by atoms with Crippen LogP contribution in [0.2, 0.25) is 0 Å². The molecule has 1 rings (SSSR count). The van der Waals surface area contributed by atoms with Crippen LogP contribution in [0.3, 0.4) is 0 Å². The smallest absolute Gasteiger partial charge is 0.216 e. The van der Waals surface area contributed by atoms with Gasteiger partial charge in [0.15, 0.2) is 5.78 Å². The molecule has 1 aromatic carbocycles. The number of carbonyl (C=O) groups is 2. The molecular weight excluding hydrogens is 244 g/mol. The van der Waals surface area contributed by atoms with Crippen LogP contribution in [0, 0.1) is 0 Å². The summed E-state index contributed by atoms with van der Waals surface area (Å²) < 4.78 is 5.03. The SMILES string of the molecule is COc1ccc(C(=O)CNCCCNC(C)=O)cc1. The third kappa shape index (κ3) is 6.01. The van der Waals surface area contributed by atoms with E-state index in [9.17, 15) is 9.59 Å². The molecule has 0 aliphatic carbocycles. The van der Waals surface area contributed by atoms with Crippen LogP contribution in [0.5, 0.6) is 5.75 Å². The molecule has 1 aromatic rings. The summed E-state index contributed by atoms with van der Waals surface area (Å²) in [4.78, 5) is 22.4. The minimum Gasteiger partial charge on any atom is -0.497 e. The molecule has 5 heteroatoms. The zero-order chi connectivity index (χ0) is 14.1. The van der Waals surface area contributed by atoms with E-state index >= 15 is 0 Å². The number of Topliss-reactive ketones (excluding diaryl/α,β-unsaturated/α-hetero) is 1. The first-order chi connectivity index (χ1) is 9.13. The largest absolute Gasteiger partial charge is 0.497 e. The van der Waals surface area contributed by atoms with Gasteiger partial charge in [0, 0.05) is 19.0 Å². The second kappa shape index (κ2) is 8.26. The first kappa shape index (κ1) is 15.2. The van der Waals surface area contributed by atoms with Gasteiger partial charge in [0.25, 0.3) is 0 Å². The van der Waals surface area contributed by atoms with Crippen molar-refractivity contribution in [3.8, 4) is 5.75 Å². The van der Waals surface area contributed by atoms with Crippen LogP contribution in [-0.2, 0) is 4.79 Å². The van der Waals surface area contributed by atoms with Crippen molar-refractivity contribution in [1.82, 2.24) is 10.6 Å². The molecule has 0 radical (unpaired) electrons. The Morgan fingerprint density at radius 1 is 1.16 bits per heavy atom. The van der Waals surface area contributed by atoms with Gasteiger partial charge < -0.3 is 15.4 Å². The third-order valence-corrected chi connectivity index (χ3v) is 2.60. The molecule has 0 aliphatic heterocycles. The van der Waals surface area contributed by atoms with Gasteiger partial charge in [-0.3, -0.25) is 9.59 Å². The maximum atomic E-state index is 11.8. The Kier molecular flexibility index (Phi) is 6.60. The van der Waals surface area contributed by atoms with Crippen LogP contribution in [-0.4, -0.2) is 38.4 Å². The lowest BCUT2D eigenvalue weighted by Crippen LogP contribution is -2.28. The molecule has 2 N–H and O–H groups in total. The number of rotatable bonds is 8. The predicted octanol–water partition coefficient (Wildman–Crippen LogP) is 0.994. The van der Waals surface area contributed by atoms with Gasteiger partial charge in [-0.1, -0.05) is 0 Å². The average Bonchev–Trinajstić information content (AvgIpc) is 2.42. The van der Waals surface area contributed by atoms with Crippen LogP contribution in [0.25, 0.3) is 0 Å². The third-order valence-electron chi connectivity index (χ3n) is 2.60. The number of hydrogen-bond donors (Lipinski definition) is 2. The number of methoxy groups -OCH3 is 1. The second-order valence-corrected chi connectivity index (χ2v) is 4.16. The zero-order valence-corrected chi connectivity index (χ0v) is 11.4. The van der Waals surface area contributed by atoms with Crippen molar-refractivity contribution in [2.45, 2.75) is 13.3 Å². The summed E-state index contributed by atoms with van der Waals surface area (Å²) in [5.41, 5.74) is 0.662. The number of ketones is 1. The van der Waals surface area contributed by atoms with E-state index in [4.69, 9.17) is 4.74 Å². The van der Waals surface area contributed by atoms with E-state index in [0.717, 1.165) is 12.2 Å². The molecule has 5 nitrogen and oxygen atoms in total. The van der Waals surface area contributed by atoms with Crippen molar-refractivity contribution in [3.63, 3.8) is 0 Å². The number of amides is 1. The normalized spacial score (nSPS) is 10.0. The highest BCUT2D eigenvalue weighted by Crippen LogP contribution is 2.11. The fourth-order valence-corrected chi connectivity index (χ4v) is 1.56. The number of benzene rings is 1. The minimum atomic E-state index is -0.0330. The van der Waals surface area contributed by atoms with Crippen LogP contribution >= 0.6 is 0 Å². The van der Waals surface area contributed by atoms with Gasteiger partial charge in [-0.15, -0.1) is 0 Å². The second-order valence-electron chi connectivity index (χ2n) is 4.16. The van der Waals surface area contributed by atoms with Gasteiger partial charge in [0.1, 0.15) is 5.75 Å². The Labute approximate surface area is 113 Å². The summed E-state index contributed by atoms with van der Waals surface area (Å²) in [5, 5.41) is 5.75. The van der Waals surface area contributed by atoms with Crippen LogP contribution < -0.4 is 15.4 Å². The van der Waals surface area contributed by atoms with Gasteiger partial charge in [0.2, 0.25) is 5.91 Å². The van der Waals surface area contributed by atoms with Crippen molar-refractivity contribution >= 4 is 11.7 Å². The Hall–Kier alpha value is -1.88. The van der Waals surface area contributed by atoms with Crippen LogP contribution in [0.4, 0.5) is 0 Å². The molecule has 0 fully saturated rings. The van der Waals surface area contributed by atoms with Crippen molar-refractivity contribution in [3.05, 3.63) is 29.8 Å². The Morgan fingerprint density at radius 2 is 1.84 bits per heavy atom. The van der Waals surface area contributed by atoms with E-state index in [1.807, 2.05) is 0 Å². The number of carbonyl (C=O) groups excluding carboxylic acids is 2. The van der Waals surface area contributed by atoms with Gasteiger partial charge in [-0.25, -0.2) is 0 Å². The number of ether oxygens (including phenoxy) is 1. The first-order valence-electron chi connectivity index (χ1n) is 6.26. The average molecular weight is 264 g/mol. The summed E-state index contributed by atoms with van der Waals surface area (Å²) in [5.74, 6) is 0.747. The van der Waals surface area contributed by atoms with Crippen LogP contribution in [0.15, 0.2) is 24.3 Å². The molecule has 0 aliphatic rings. The fraction of sp³-hybridized carbons (Fsp3) is 0.429. The Balaban J connectivity index is 2.21. The number of nitrogens with one attached hydrogen (secondary N) is 2. The summed E-state index contributed by atoms with van der Waals surface area (Å²) >= 11 is 0. The topological polar surface area (TPSA) is 67.4 Å². The highest BCUT2D eigenvalue weighted by atomic mass is 16.5. The molecule has 0 saturated carbocycles. The molecule has 0 atom stereocenters. The molecule has 0 saturated heterocycles. The monoisotopic (exact) mass is 264 g/mol. The summed E-state index contributed by atoms with van der Waals surface area (Å²) in [6.07, 6.45) is 0.801. The highest BCUT2D eigenvalue weighted by molar-refractivity contribution is 5.97. The van der Waals surface area contributed by atoms with E-state index < -0.39 is 0 Å². The maximum Gasteiger partial charge on any atom is 0.216 e. The highest BCUT2D eigenvalue weighted by Gasteiger charge is 2.04. The lowest BCUT2D eigenvalue weighted by atomic mass is 10.1. The van der Waals surface area contributed by atoms with E-state index in [2.05, 4.69) is 10.6 Å². The van der Waals surface area contributed by atoms with Crippen molar-refractivity contribution < 1.29 is 14.3 Å². The summed E-state index contributed by atoms with van der Waals surface area (Å²) in [6.45, 7) is 3.11. The molecule has 0 unspecified atom stereocenters. The minimum absolute atomic E-state index is 0.0330. The molecular formula is C14H20N2O3. The van der Waals surface area contributed by atoms with Crippen molar-refractivity contribution in [2.75, 3.05) is 26.7 Å². The lowest BCUT2D eigenvalue weighted by molar-refractivity contribution is -0.118. The van der Waals surface area contributed by atoms with Gasteiger partial charge in [-0.05, 0) is 37.2 Å². The fourth-order valence-electron chi connectivity index (χ4n) is 1.56. The Bertz CT molecular complexity index is 415. The van der Waals surface area contributed by atoms with Gasteiger partial charge >= 0.3 is 0 Å². The zero-order valence-electron chi connectivity index (χ0n) is 11.4. The summed E-state index contributed by atoms with van der Waals surface area (Å²) in [6, 6.07) is 7.04. The quantitative estimate of drug-likeness (QED) is 0.543. The molecule has 0 spiro atoms. The van der Waals surface area contributed by atoms with Crippen molar-refractivity contribution in [2.24, 2.45) is 0 Å². The maximum absolute atomic E-state index is 11.8. The molecule has 1 amide bonds. The van der Waals surface area contributed by atoms with E-state index in [-0.39, 0.29) is 11.7 Å². The van der Waals surface area contributed by atoms with E-state index in [1.165, 1.54) is 6.92 Å². The van der Waals surface area contributed by atoms with Crippen molar-refractivity contribution in [1.29, 1.82) is 0 Å². The molecule has 104 valence electrons. The first-order valence-corrected chi connectivity index (χ1v) is 6.26. The lowest BCUT2D eigenvalue weighted by Gasteiger charge is -2.05. The molecule has 0 heterocycles. The van der Waals surface area contributed by atoms with E-state index in [1.54, 1.807) is 31.4 Å².